The number of ether oxygens (including phenoxy) is 2. The number of pyridine rings is 1. The summed E-state index contributed by atoms with van der Waals surface area (Å²) in [5.74, 6) is 1.28. The Morgan fingerprint density at radius 2 is 1.90 bits per heavy atom. The van der Waals surface area contributed by atoms with Gasteiger partial charge in [0.15, 0.2) is 0 Å². The standard InChI is InChI=1S/C24H30N4O3/c29-22-8-6-18-7-9-23(26-24(18)25-22)31-15-2-1-10-27-11-13-28(14-12-27)21-5-3-4-19-16-30-17-20(19)21/h3-5,7,9H,1-2,6,8,10-17H2,(H,25,26,29). The Bertz CT molecular complexity index is 940. The molecule has 7 nitrogen and oxygen atoms in total. The molecule has 1 fully saturated rings. The highest BCUT2D eigenvalue weighted by Gasteiger charge is 2.22. The van der Waals surface area contributed by atoms with Crippen molar-refractivity contribution < 1.29 is 14.3 Å². The van der Waals surface area contributed by atoms with Crippen molar-refractivity contribution in [2.75, 3.05) is 49.5 Å². The zero-order valence-electron chi connectivity index (χ0n) is 17.9. The van der Waals surface area contributed by atoms with Gasteiger partial charge < -0.3 is 19.7 Å². The lowest BCUT2D eigenvalue weighted by atomic mass is 10.1. The van der Waals surface area contributed by atoms with Crippen LogP contribution in [0.15, 0.2) is 30.3 Å². The van der Waals surface area contributed by atoms with E-state index in [1.54, 1.807) is 0 Å². The number of aryl methyl sites for hydroxylation is 1. The van der Waals surface area contributed by atoms with Crippen LogP contribution in [-0.2, 0) is 29.2 Å². The molecule has 7 heteroatoms. The second-order valence-corrected chi connectivity index (χ2v) is 8.50. The van der Waals surface area contributed by atoms with Gasteiger partial charge >= 0.3 is 0 Å². The minimum absolute atomic E-state index is 0.0298. The number of piperazine rings is 1. The van der Waals surface area contributed by atoms with Crippen LogP contribution in [0.1, 0.15) is 36.0 Å². The zero-order valence-corrected chi connectivity index (χ0v) is 17.9. The Balaban J connectivity index is 1.02. The fourth-order valence-electron chi connectivity index (χ4n) is 4.61. The van der Waals surface area contributed by atoms with Gasteiger partial charge in [-0.05, 0) is 49.1 Å². The number of hydrogen-bond acceptors (Lipinski definition) is 6. The first-order chi connectivity index (χ1) is 15.3. The number of anilines is 2. The number of aromatic nitrogens is 1. The Morgan fingerprint density at radius 3 is 2.81 bits per heavy atom. The van der Waals surface area contributed by atoms with Crippen LogP contribution in [0.25, 0.3) is 0 Å². The van der Waals surface area contributed by atoms with E-state index in [1.165, 1.54) is 16.8 Å². The third kappa shape index (κ3) is 4.67. The minimum Gasteiger partial charge on any atom is -0.478 e. The molecule has 5 rings (SSSR count). The van der Waals surface area contributed by atoms with Crippen LogP contribution in [0.4, 0.5) is 11.5 Å². The lowest BCUT2D eigenvalue weighted by Gasteiger charge is -2.37. The maximum absolute atomic E-state index is 11.5. The van der Waals surface area contributed by atoms with Gasteiger partial charge in [-0.2, -0.15) is 4.98 Å². The topological polar surface area (TPSA) is 66.9 Å². The van der Waals surface area contributed by atoms with E-state index in [-0.39, 0.29) is 5.91 Å². The van der Waals surface area contributed by atoms with Crippen LogP contribution in [0.2, 0.25) is 0 Å². The predicted molar refractivity (Wildman–Crippen MR) is 120 cm³/mol. The number of nitrogens with zero attached hydrogens (tertiary/aromatic N) is 3. The summed E-state index contributed by atoms with van der Waals surface area (Å²) in [4.78, 5) is 21.0. The number of carbonyl (C=O) groups is 1. The number of carbonyl (C=O) groups excluding carboxylic acids is 1. The maximum atomic E-state index is 11.5. The molecule has 3 aliphatic heterocycles. The first kappa shape index (κ1) is 20.3. The lowest BCUT2D eigenvalue weighted by Crippen LogP contribution is -2.47. The Hall–Kier alpha value is -2.64. The number of benzene rings is 1. The van der Waals surface area contributed by atoms with Crippen molar-refractivity contribution in [1.29, 1.82) is 0 Å². The molecule has 1 aromatic carbocycles. The van der Waals surface area contributed by atoms with Crippen LogP contribution >= 0.6 is 0 Å². The fraction of sp³-hybridized carbons (Fsp3) is 0.500. The van der Waals surface area contributed by atoms with Gasteiger partial charge in [0.25, 0.3) is 0 Å². The van der Waals surface area contributed by atoms with E-state index in [0.717, 1.165) is 70.8 Å². The molecule has 3 aliphatic rings. The van der Waals surface area contributed by atoms with Gasteiger partial charge in [0.05, 0.1) is 19.8 Å². The molecule has 31 heavy (non-hydrogen) atoms. The van der Waals surface area contributed by atoms with E-state index in [4.69, 9.17) is 9.47 Å². The number of rotatable bonds is 7. The summed E-state index contributed by atoms with van der Waals surface area (Å²) in [5.41, 5.74) is 5.16. The van der Waals surface area contributed by atoms with E-state index < -0.39 is 0 Å². The summed E-state index contributed by atoms with van der Waals surface area (Å²) in [7, 11) is 0. The van der Waals surface area contributed by atoms with E-state index in [1.807, 2.05) is 12.1 Å². The highest BCUT2D eigenvalue weighted by molar-refractivity contribution is 5.92. The number of unbranched alkanes of at least 4 members (excludes halogenated alkanes) is 1. The third-order valence-corrected chi connectivity index (χ3v) is 6.42. The average molecular weight is 423 g/mol. The summed E-state index contributed by atoms with van der Waals surface area (Å²) in [6.07, 6.45) is 3.39. The molecule has 4 heterocycles. The van der Waals surface area contributed by atoms with Crippen molar-refractivity contribution in [2.24, 2.45) is 0 Å². The Kier molecular flexibility index (Phi) is 6.04. The second kappa shape index (κ2) is 9.24. The zero-order chi connectivity index (χ0) is 21.0. The van der Waals surface area contributed by atoms with E-state index >= 15 is 0 Å². The second-order valence-electron chi connectivity index (χ2n) is 8.50. The van der Waals surface area contributed by atoms with E-state index in [0.29, 0.717) is 24.7 Å². The van der Waals surface area contributed by atoms with Crippen molar-refractivity contribution in [3.05, 3.63) is 47.0 Å². The maximum Gasteiger partial charge on any atom is 0.225 e. The largest absolute Gasteiger partial charge is 0.478 e. The Labute approximate surface area is 183 Å². The quantitative estimate of drug-likeness (QED) is 0.692. The molecule has 1 N–H and O–H groups in total. The smallest absolute Gasteiger partial charge is 0.225 e. The third-order valence-electron chi connectivity index (χ3n) is 6.42. The van der Waals surface area contributed by atoms with Crippen molar-refractivity contribution in [2.45, 2.75) is 38.9 Å². The van der Waals surface area contributed by atoms with Gasteiger partial charge in [-0.1, -0.05) is 12.1 Å². The summed E-state index contributed by atoms with van der Waals surface area (Å²) in [5, 5.41) is 2.83. The SMILES string of the molecule is O=C1CCc2ccc(OCCCCN3CCN(c4cccc5c4COC5)CC3)nc2N1. The summed E-state index contributed by atoms with van der Waals surface area (Å²) >= 11 is 0. The monoisotopic (exact) mass is 422 g/mol. The molecule has 2 aromatic rings. The normalized spacial score (nSPS) is 18.5. The number of fused-ring (bicyclic) bond motifs is 2. The van der Waals surface area contributed by atoms with Crippen LogP contribution < -0.4 is 15.0 Å². The molecule has 0 aliphatic carbocycles. The van der Waals surface area contributed by atoms with E-state index in [2.05, 4.69) is 38.3 Å². The summed E-state index contributed by atoms with van der Waals surface area (Å²) < 4.78 is 11.4. The van der Waals surface area contributed by atoms with Gasteiger partial charge in [0.1, 0.15) is 5.82 Å². The fourth-order valence-corrected chi connectivity index (χ4v) is 4.61. The summed E-state index contributed by atoms with van der Waals surface area (Å²) in [6.45, 7) is 7.57. The molecule has 0 atom stereocenters. The molecule has 0 radical (unpaired) electrons. The number of amides is 1. The van der Waals surface area contributed by atoms with Crippen molar-refractivity contribution in [3.63, 3.8) is 0 Å². The molecule has 164 valence electrons. The molecule has 1 aromatic heterocycles. The van der Waals surface area contributed by atoms with Crippen molar-refractivity contribution >= 4 is 17.4 Å². The highest BCUT2D eigenvalue weighted by Crippen LogP contribution is 2.30. The number of hydrogen-bond donors (Lipinski definition) is 1. The lowest BCUT2D eigenvalue weighted by molar-refractivity contribution is -0.116. The molecule has 1 amide bonds. The molecular weight excluding hydrogens is 392 g/mol. The van der Waals surface area contributed by atoms with Crippen LogP contribution in [0, 0.1) is 0 Å². The van der Waals surface area contributed by atoms with Gasteiger partial charge in [0.2, 0.25) is 11.8 Å². The predicted octanol–water partition coefficient (Wildman–Crippen LogP) is 2.98. The van der Waals surface area contributed by atoms with Gasteiger partial charge in [-0.15, -0.1) is 0 Å². The van der Waals surface area contributed by atoms with Crippen LogP contribution in [0.5, 0.6) is 5.88 Å². The molecule has 0 spiro atoms. The molecular formula is C24H30N4O3. The summed E-state index contributed by atoms with van der Waals surface area (Å²) in [6, 6.07) is 10.5. The van der Waals surface area contributed by atoms with Crippen molar-refractivity contribution in [1.82, 2.24) is 9.88 Å². The molecule has 0 saturated carbocycles. The van der Waals surface area contributed by atoms with Gasteiger partial charge in [-0.3, -0.25) is 9.69 Å². The highest BCUT2D eigenvalue weighted by atomic mass is 16.5. The number of nitrogens with one attached hydrogen (secondary N) is 1. The minimum atomic E-state index is 0.0298. The first-order valence-electron chi connectivity index (χ1n) is 11.3. The van der Waals surface area contributed by atoms with Crippen LogP contribution in [0.3, 0.4) is 0 Å². The molecule has 0 unspecified atom stereocenters. The van der Waals surface area contributed by atoms with E-state index in [9.17, 15) is 4.79 Å². The molecule has 1 saturated heterocycles. The first-order valence-corrected chi connectivity index (χ1v) is 11.3. The average Bonchev–Trinajstić information content (AvgIpc) is 3.28. The van der Waals surface area contributed by atoms with Gasteiger partial charge in [0, 0.05) is 49.9 Å². The van der Waals surface area contributed by atoms with Crippen molar-refractivity contribution in [3.8, 4) is 5.88 Å². The van der Waals surface area contributed by atoms with Gasteiger partial charge in [-0.25, -0.2) is 0 Å². The van der Waals surface area contributed by atoms with Crippen LogP contribution in [-0.4, -0.2) is 55.1 Å². The Morgan fingerprint density at radius 1 is 1.00 bits per heavy atom. The molecule has 0 bridgehead atoms.